The van der Waals surface area contributed by atoms with E-state index in [4.69, 9.17) is 11.6 Å². The van der Waals surface area contributed by atoms with Gasteiger partial charge in [0.2, 0.25) is 0 Å². The largest absolute Gasteiger partial charge is 0.355 e. The van der Waals surface area contributed by atoms with Crippen molar-refractivity contribution >= 4 is 17.4 Å². The van der Waals surface area contributed by atoms with Crippen molar-refractivity contribution in [3.8, 4) is 11.8 Å². The molecular formula is C23H23ClN8. The monoisotopic (exact) mass is 446 g/mol. The van der Waals surface area contributed by atoms with Crippen molar-refractivity contribution in [2.75, 3.05) is 18.0 Å². The fourth-order valence-electron chi connectivity index (χ4n) is 5.03. The molecule has 0 amide bonds. The lowest BCUT2D eigenvalue weighted by Crippen LogP contribution is -2.35. The third kappa shape index (κ3) is 3.24. The zero-order chi connectivity index (χ0) is 21.7. The summed E-state index contributed by atoms with van der Waals surface area (Å²) >= 11 is 6.36. The van der Waals surface area contributed by atoms with Crippen molar-refractivity contribution in [3.05, 3.63) is 59.0 Å². The highest BCUT2D eigenvalue weighted by molar-refractivity contribution is 6.30. The Balaban J connectivity index is 1.34. The van der Waals surface area contributed by atoms with Crippen LogP contribution in [0.5, 0.6) is 0 Å². The molecule has 0 radical (unpaired) electrons. The Morgan fingerprint density at radius 3 is 2.66 bits per heavy atom. The highest BCUT2D eigenvalue weighted by atomic mass is 35.5. The fourth-order valence-corrected chi connectivity index (χ4v) is 5.23. The van der Waals surface area contributed by atoms with Gasteiger partial charge in [0.05, 0.1) is 24.5 Å². The van der Waals surface area contributed by atoms with Gasteiger partial charge in [0.1, 0.15) is 17.2 Å². The molecule has 0 bridgehead atoms. The summed E-state index contributed by atoms with van der Waals surface area (Å²) in [5.41, 5.74) is 1.82. The lowest BCUT2D eigenvalue weighted by Gasteiger charge is -2.32. The van der Waals surface area contributed by atoms with Crippen molar-refractivity contribution in [2.24, 2.45) is 0 Å². The van der Waals surface area contributed by atoms with Crippen LogP contribution in [0.3, 0.4) is 0 Å². The zero-order valence-corrected chi connectivity index (χ0v) is 18.4. The zero-order valence-electron chi connectivity index (χ0n) is 17.7. The summed E-state index contributed by atoms with van der Waals surface area (Å²) in [5, 5.41) is 19.8. The summed E-state index contributed by atoms with van der Waals surface area (Å²) < 4.78 is 2.22. The molecule has 0 atom stereocenters. The SMILES string of the molecule is N#CC1(N2Cc3cc(Cl)ccc3-n3c(nnc3C3CCN(c4cnccn4)CC3)C2)CC1. The smallest absolute Gasteiger partial charge is 0.151 e. The summed E-state index contributed by atoms with van der Waals surface area (Å²) in [6, 6.07) is 8.55. The first-order valence-corrected chi connectivity index (χ1v) is 11.4. The van der Waals surface area contributed by atoms with Crippen molar-refractivity contribution in [1.29, 1.82) is 5.26 Å². The van der Waals surface area contributed by atoms with Gasteiger partial charge in [0.25, 0.3) is 0 Å². The van der Waals surface area contributed by atoms with Gasteiger partial charge in [-0.05, 0) is 49.4 Å². The number of aromatic nitrogens is 5. The lowest BCUT2D eigenvalue weighted by atomic mass is 9.95. The summed E-state index contributed by atoms with van der Waals surface area (Å²) in [6.07, 6.45) is 9.02. The molecule has 1 saturated carbocycles. The molecule has 32 heavy (non-hydrogen) atoms. The van der Waals surface area contributed by atoms with E-state index in [0.717, 1.165) is 67.5 Å². The fraction of sp³-hybridized carbons (Fsp3) is 0.435. The van der Waals surface area contributed by atoms with Crippen LogP contribution in [0, 0.1) is 11.3 Å². The van der Waals surface area contributed by atoms with Crippen LogP contribution >= 0.6 is 11.6 Å². The topological polar surface area (TPSA) is 86.8 Å². The van der Waals surface area contributed by atoms with E-state index in [2.05, 4.69) is 46.7 Å². The first-order chi connectivity index (χ1) is 15.7. The van der Waals surface area contributed by atoms with Gasteiger partial charge in [0, 0.05) is 43.0 Å². The molecule has 162 valence electrons. The predicted octanol–water partition coefficient (Wildman–Crippen LogP) is 3.47. The van der Waals surface area contributed by atoms with Crippen LogP contribution in [0.25, 0.3) is 5.69 Å². The second-order valence-corrected chi connectivity index (χ2v) is 9.34. The number of nitrogens with zero attached hydrogens (tertiary/aromatic N) is 8. The Hall–Kier alpha value is -3.02. The van der Waals surface area contributed by atoms with E-state index in [0.29, 0.717) is 24.0 Å². The number of benzene rings is 1. The summed E-state index contributed by atoms with van der Waals surface area (Å²) in [7, 11) is 0. The number of piperidine rings is 1. The molecular weight excluding hydrogens is 424 g/mol. The molecule has 1 aromatic carbocycles. The van der Waals surface area contributed by atoms with Crippen molar-refractivity contribution in [3.63, 3.8) is 0 Å². The summed E-state index contributed by atoms with van der Waals surface area (Å²) in [6.45, 7) is 3.12. The van der Waals surface area contributed by atoms with Crippen LogP contribution in [-0.2, 0) is 13.1 Å². The molecule has 6 rings (SSSR count). The van der Waals surface area contributed by atoms with E-state index in [9.17, 15) is 5.26 Å². The molecule has 3 aromatic rings. The van der Waals surface area contributed by atoms with E-state index in [-0.39, 0.29) is 5.54 Å². The number of anilines is 1. The third-order valence-electron chi connectivity index (χ3n) is 7.00. The molecule has 1 aliphatic carbocycles. The molecule has 2 aromatic heterocycles. The second kappa shape index (κ2) is 7.54. The van der Waals surface area contributed by atoms with Gasteiger partial charge in [-0.1, -0.05) is 11.6 Å². The highest BCUT2D eigenvalue weighted by Gasteiger charge is 2.50. The van der Waals surface area contributed by atoms with Crippen molar-refractivity contribution in [1.82, 2.24) is 29.6 Å². The standard InChI is InChI=1S/C23H23ClN8/c24-18-1-2-19-17(11-18)13-31(23(15-25)5-6-23)14-21-28-29-22(32(19)21)16-3-9-30(10-4-16)20-12-26-7-8-27-20/h1-2,7-8,11-12,16H,3-6,9-10,13-14H2. The highest BCUT2D eigenvalue weighted by Crippen LogP contribution is 2.44. The lowest BCUT2D eigenvalue weighted by molar-refractivity contribution is 0.197. The molecule has 0 N–H and O–H groups in total. The van der Waals surface area contributed by atoms with Gasteiger partial charge in [-0.3, -0.25) is 14.5 Å². The van der Waals surface area contributed by atoms with Crippen LogP contribution in [0.1, 0.15) is 48.8 Å². The molecule has 2 aliphatic heterocycles. The maximum atomic E-state index is 9.80. The van der Waals surface area contributed by atoms with E-state index in [1.807, 2.05) is 18.3 Å². The second-order valence-electron chi connectivity index (χ2n) is 8.91. The molecule has 8 nitrogen and oxygen atoms in total. The predicted molar refractivity (Wildman–Crippen MR) is 119 cm³/mol. The molecule has 0 unspecified atom stereocenters. The van der Waals surface area contributed by atoms with Crippen LogP contribution in [-0.4, -0.2) is 48.3 Å². The molecule has 3 aliphatic rings. The minimum atomic E-state index is -0.386. The normalized spacial score (nSPS) is 20.2. The average molecular weight is 447 g/mol. The minimum Gasteiger partial charge on any atom is -0.355 e. The summed E-state index contributed by atoms with van der Waals surface area (Å²) in [4.78, 5) is 13.2. The Morgan fingerprint density at radius 2 is 1.94 bits per heavy atom. The Labute approximate surface area is 191 Å². The van der Waals surface area contributed by atoms with E-state index in [1.165, 1.54) is 0 Å². The third-order valence-corrected chi connectivity index (χ3v) is 7.24. The maximum absolute atomic E-state index is 9.80. The van der Waals surface area contributed by atoms with Crippen molar-refractivity contribution < 1.29 is 0 Å². The van der Waals surface area contributed by atoms with Crippen molar-refractivity contribution in [2.45, 2.75) is 50.2 Å². The molecule has 2 fully saturated rings. The quantitative estimate of drug-likeness (QED) is 0.608. The van der Waals surface area contributed by atoms with E-state index >= 15 is 0 Å². The average Bonchev–Trinajstić information content (AvgIpc) is 3.56. The maximum Gasteiger partial charge on any atom is 0.151 e. The first-order valence-electron chi connectivity index (χ1n) is 11.1. The van der Waals surface area contributed by atoms with E-state index in [1.54, 1.807) is 12.4 Å². The Morgan fingerprint density at radius 1 is 1.09 bits per heavy atom. The van der Waals surface area contributed by atoms with Crippen LogP contribution in [0.15, 0.2) is 36.8 Å². The summed E-state index contributed by atoms with van der Waals surface area (Å²) in [5.74, 6) is 3.14. The molecule has 9 heteroatoms. The Bertz CT molecular complexity index is 1190. The molecule has 4 heterocycles. The van der Waals surface area contributed by atoms with Gasteiger partial charge in [0.15, 0.2) is 5.82 Å². The van der Waals surface area contributed by atoms with Crippen LogP contribution < -0.4 is 4.90 Å². The molecule has 0 spiro atoms. The minimum absolute atomic E-state index is 0.310. The van der Waals surface area contributed by atoms with Gasteiger partial charge in [-0.25, -0.2) is 4.98 Å². The van der Waals surface area contributed by atoms with Gasteiger partial charge in [-0.2, -0.15) is 5.26 Å². The Kier molecular flexibility index (Phi) is 4.63. The number of rotatable bonds is 3. The number of fused-ring (bicyclic) bond motifs is 3. The van der Waals surface area contributed by atoms with Crippen LogP contribution in [0.2, 0.25) is 5.02 Å². The van der Waals surface area contributed by atoms with Gasteiger partial charge in [-0.15, -0.1) is 10.2 Å². The van der Waals surface area contributed by atoms with Gasteiger partial charge >= 0.3 is 0 Å². The van der Waals surface area contributed by atoms with E-state index < -0.39 is 0 Å². The molecule has 1 saturated heterocycles. The van der Waals surface area contributed by atoms with Crippen LogP contribution in [0.4, 0.5) is 5.82 Å². The van der Waals surface area contributed by atoms with Gasteiger partial charge < -0.3 is 4.90 Å². The first kappa shape index (κ1) is 19.6. The number of hydrogen-bond acceptors (Lipinski definition) is 7. The number of hydrogen-bond donors (Lipinski definition) is 0. The number of halogens is 1. The number of nitriles is 1.